The Morgan fingerprint density at radius 2 is 1.80 bits per heavy atom. The number of likely N-dealkylation sites (N-methyl/N-ethyl adjacent to an activating group) is 1. The van der Waals surface area contributed by atoms with Crippen LogP contribution in [0.5, 0.6) is 0 Å². The normalized spacial score (nSPS) is 38.9. The van der Waals surface area contributed by atoms with E-state index < -0.39 is 0 Å². The molecule has 2 bridgehead atoms. The number of aryl methyl sites for hydroxylation is 2. The number of nitrogens with one attached hydrogen (secondary N) is 1. The smallest absolute Gasteiger partial charge is 0.0138 e. The van der Waals surface area contributed by atoms with Crippen LogP contribution in [0.1, 0.15) is 36.0 Å². The molecule has 0 heterocycles. The highest BCUT2D eigenvalue weighted by Gasteiger charge is 2.66. The van der Waals surface area contributed by atoms with Crippen molar-refractivity contribution in [2.24, 2.45) is 29.6 Å². The second-order valence-electron chi connectivity index (χ2n) is 7.58. The van der Waals surface area contributed by atoms with Crippen LogP contribution in [-0.2, 0) is 6.42 Å². The van der Waals surface area contributed by atoms with Gasteiger partial charge < -0.3 is 5.32 Å². The van der Waals surface area contributed by atoms with Gasteiger partial charge in [0.15, 0.2) is 0 Å². The van der Waals surface area contributed by atoms with Crippen molar-refractivity contribution in [2.45, 2.75) is 45.6 Å². The van der Waals surface area contributed by atoms with E-state index in [1.165, 1.54) is 36.0 Å². The van der Waals surface area contributed by atoms with Gasteiger partial charge >= 0.3 is 0 Å². The van der Waals surface area contributed by atoms with Crippen LogP contribution in [-0.4, -0.2) is 13.1 Å². The molecule has 3 aliphatic rings. The molecule has 20 heavy (non-hydrogen) atoms. The number of hydrogen-bond acceptors (Lipinski definition) is 1. The molecule has 1 aromatic carbocycles. The van der Waals surface area contributed by atoms with Gasteiger partial charge in [-0.1, -0.05) is 18.2 Å². The van der Waals surface area contributed by atoms with Crippen molar-refractivity contribution < 1.29 is 0 Å². The molecule has 1 aromatic rings. The third-order valence-corrected chi connectivity index (χ3v) is 6.66. The zero-order chi connectivity index (χ0) is 13.9. The Bertz CT molecular complexity index is 504. The average Bonchev–Trinajstić information content (AvgIpc) is 2.87. The van der Waals surface area contributed by atoms with Crippen molar-refractivity contribution in [1.82, 2.24) is 5.32 Å². The molecule has 5 atom stereocenters. The molecule has 3 fully saturated rings. The van der Waals surface area contributed by atoms with Gasteiger partial charge in [0.1, 0.15) is 0 Å². The predicted molar refractivity (Wildman–Crippen MR) is 83.8 cm³/mol. The Morgan fingerprint density at radius 1 is 1.10 bits per heavy atom. The minimum Gasteiger partial charge on any atom is -0.316 e. The molecule has 0 amide bonds. The van der Waals surface area contributed by atoms with Crippen molar-refractivity contribution >= 4 is 0 Å². The summed E-state index contributed by atoms with van der Waals surface area (Å²) in [4.78, 5) is 0. The maximum Gasteiger partial charge on any atom is 0.0138 e. The summed E-state index contributed by atoms with van der Waals surface area (Å²) in [5.74, 6) is 5.32. The van der Waals surface area contributed by atoms with Gasteiger partial charge in [-0.25, -0.2) is 0 Å². The Hall–Kier alpha value is -0.820. The van der Waals surface area contributed by atoms with E-state index in [0.717, 1.165) is 29.6 Å². The highest BCUT2D eigenvalue weighted by molar-refractivity contribution is 5.31. The third kappa shape index (κ3) is 1.86. The van der Waals surface area contributed by atoms with Crippen LogP contribution >= 0.6 is 0 Å². The molecule has 0 radical (unpaired) electrons. The maximum absolute atomic E-state index is 3.64. The van der Waals surface area contributed by atoms with E-state index in [9.17, 15) is 0 Å². The van der Waals surface area contributed by atoms with E-state index in [1.807, 2.05) is 0 Å². The SMILES string of the molecule is CNC(Cc1ccc(C)c(C)c1)C1C2C3CCC(C3)C21. The van der Waals surface area contributed by atoms with Crippen LogP contribution in [0.25, 0.3) is 0 Å². The molecule has 108 valence electrons. The second-order valence-corrected chi connectivity index (χ2v) is 7.58. The first-order valence-electron chi connectivity index (χ1n) is 8.42. The lowest BCUT2D eigenvalue weighted by atomic mass is 9.92. The van der Waals surface area contributed by atoms with Crippen LogP contribution in [0, 0.1) is 43.4 Å². The summed E-state index contributed by atoms with van der Waals surface area (Å²) in [7, 11) is 2.17. The van der Waals surface area contributed by atoms with Gasteiger partial charge in [-0.2, -0.15) is 0 Å². The lowest BCUT2D eigenvalue weighted by Crippen LogP contribution is -2.32. The van der Waals surface area contributed by atoms with E-state index in [-0.39, 0.29) is 0 Å². The average molecular weight is 269 g/mol. The van der Waals surface area contributed by atoms with Gasteiger partial charge in [-0.15, -0.1) is 0 Å². The number of benzene rings is 1. The fourth-order valence-electron chi connectivity index (χ4n) is 5.55. The molecule has 3 aliphatic carbocycles. The monoisotopic (exact) mass is 269 g/mol. The molecule has 0 aliphatic heterocycles. The standard InChI is InChI=1S/C19H27N/c1-11-4-5-13(8-12(11)2)9-16(20-3)19-17-14-6-7-15(10-14)18(17)19/h4-5,8,14-20H,6-7,9-10H2,1-3H3. The summed E-state index contributed by atoms with van der Waals surface area (Å²) < 4.78 is 0. The van der Waals surface area contributed by atoms with Crippen LogP contribution in [0.4, 0.5) is 0 Å². The summed E-state index contributed by atoms with van der Waals surface area (Å²) in [6, 6.07) is 7.72. The molecule has 5 unspecified atom stereocenters. The van der Waals surface area contributed by atoms with Crippen molar-refractivity contribution in [3.05, 3.63) is 34.9 Å². The van der Waals surface area contributed by atoms with Gasteiger partial charge in [0, 0.05) is 6.04 Å². The van der Waals surface area contributed by atoms with Gasteiger partial charge in [-0.3, -0.25) is 0 Å². The Morgan fingerprint density at radius 3 is 2.40 bits per heavy atom. The number of fused-ring (bicyclic) bond motifs is 5. The van der Waals surface area contributed by atoms with Gasteiger partial charge in [0.05, 0.1) is 0 Å². The van der Waals surface area contributed by atoms with Crippen molar-refractivity contribution in [3.8, 4) is 0 Å². The van der Waals surface area contributed by atoms with Crippen LogP contribution < -0.4 is 5.32 Å². The van der Waals surface area contributed by atoms with Gasteiger partial charge in [0.25, 0.3) is 0 Å². The lowest BCUT2D eigenvalue weighted by molar-refractivity contribution is 0.376. The molecular formula is C19H27N. The van der Waals surface area contributed by atoms with E-state index in [4.69, 9.17) is 0 Å². The third-order valence-electron chi connectivity index (χ3n) is 6.66. The van der Waals surface area contributed by atoms with E-state index in [1.54, 1.807) is 6.42 Å². The first-order valence-corrected chi connectivity index (χ1v) is 8.42. The van der Waals surface area contributed by atoms with Gasteiger partial charge in [0.2, 0.25) is 0 Å². The highest BCUT2D eigenvalue weighted by Crippen LogP contribution is 2.70. The quantitative estimate of drug-likeness (QED) is 0.878. The fourth-order valence-corrected chi connectivity index (χ4v) is 5.55. The maximum atomic E-state index is 3.64. The summed E-state index contributed by atoms with van der Waals surface area (Å²) in [5, 5.41) is 3.64. The van der Waals surface area contributed by atoms with Crippen molar-refractivity contribution in [3.63, 3.8) is 0 Å². The van der Waals surface area contributed by atoms with Crippen LogP contribution in [0.2, 0.25) is 0 Å². The topological polar surface area (TPSA) is 12.0 Å². The zero-order valence-corrected chi connectivity index (χ0v) is 13.0. The molecule has 4 rings (SSSR count). The fraction of sp³-hybridized carbons (Fsp3) is 0.684. The van der Waals surface area contributed by atoms with Crippen molar-refractivity contribution in [2.75, 3.05) is 7.05 Å². The second kappa shape index (κ2) is 4.59. The molecule has 1 heteroatoms. The van der Waals surface area contributed by atoms with E-state index in [2.05, 4.69) is 44.4 Å². The summed E-state index contributed by atoms with van der Waals surface area (Å²) in [6.45, 7) is 4.44. The largest absolute Gasteiger partial charge is 0.316 e. The Balaban J connectivity index is 1.48. The zero-order valence-electron chi connectivity index (χ0n) is 13.0. The number of rotatable bonds is 4. The summed E-state index contributed by atoms with van der Waals surface area (Å²) in [6.07, 6.45) is 5.84. The molecule has 1 nitrogen and oxygen atoms in total. The predicted octanol–water partition coefficient (Wildman–Crippen LogP) is 3.73. The molecule has 3 saturated carbocycles. The summed E-state index contributed by atoms with van der Waals surface area (Å²) in [5.41, 5.74) is 4.37. The van der Waals surface area contributed by atoms with Gasteiger partial charge in [-0.05, 0) is 92.9 Å². The minimum atomic E-state index is 0.704. The first kappa shape index (κ1) is 12.9. The van der Waals surface area contributed by atoms with Crippen molar-refractivity contribution in [1.29, 1.82) is 0 Å². The Labute approximate surface area is 123 Å². The minimum absolute atomic E-state index is 0.704. The molecule has 0 spiro atoms. The molecule has 0 aromatic heterocycles. The first-order chi connectivity index (χ1) is 9.69. The molecule has 1 N–H and O–H groups in total. The molecular weight excluding hydrogens is 242 g/mol. The van der Waals surface area contributed by atoms with Crippen LogP contribution in [0.15, 0.2) is 18.2 Å². The Kier molecular flexibility index (Phi) is 2.96. The van der Waals surface area contributed by atoms with E-state index in [0.29, 0.717) is 6.04 Å². The summed E-state index contributed by atoms with van der Waals surface area (Å²) >= 11 is 0. The van der Waals surface area contributed by atoms with E-state index >= 15 is 0 Å². The molecule has 0 saturated heterocycles. The van der Waals surface area contributed by atoms with Crippen LogP contribution in [0.3, 0.4) is 0 Å². The highest BCUT2D eigenvalue weighted by atomic mass is 14.9. The lowest BCUT2D eigenvalue weighted by Gasteiger charge is -2.20. The number of hydrogen-bond donors (Lipinski definition) is 1.